The van der Waals surface area contributed by atoms with E-state index in [-0.39, 0.29) is 0 Å². The van der Waals surface area contributed by atoms with E-state index < -0.39 is 6.29 Å². The molecule has 5 heteroatoms. The first kappa shape index (κ1) is 11.5. The number of hydrogen-bond acceptors (Lipinski definition) is 4. The van der Waals surface area contributed by atoms with Crippen molar-refractivity contribution in [1.29, 1.82) is 0 Å². The molecule has 16 heavy (non-hydrogen) atoms. The average molecular weight is 225 g/mol. The monoisotopic (exact) mass is 225 g/mol. The molecule has 1 heterocycles. The predicted octanol–water partition coefficient (Wildman–Crippen LogP) is 1.76. The molecule has 0 spiro atoms. The van der Waals surface area contributed by atoms with Gasteiger partial charge in [-0.3, -0.25) is 4.68 Å². The first-order chi connectivity index (χ1) is 7.76. The minimum atomic E-state index is -0.422. The lowest BCUT2D eigenvalue weighted by atomic mass is 10.4. The van der Waals surface area contributed by atoms with Crippen molar-refractivity contribution in [2.75, 3.05) is 13.2 Å². The normalized spacial score (nSPS) is 16.0. The summed E-state index contributed by atoms with van der Waals surface area (Å²) in [7, 11) is 1.93. The first-order valence-corrected chi connectivity index (χ1v) is 5.90. The van der Waals surface area contributed by atoms with Gasteiger partial charge in [-0.2, -0.15) is 5.10 Å². The Bertz CT molecular complexity index is 341. The maximum absolute atomic E-state index is 5.48. The molecule has 1 aromatic rings. The van der Waals surface area contributed by atoms with Gasteiger partial charge in [0.05, 0.1) is 0 Å². The fraction of sp³-hybridized carbons (Fsp3) is 0.818. The van der Waals surface area contributed by atoms with Crippen LogP contribution in [0.5, 0.6) is 0 Å². The lowest BCUT2D eigenvalue weighted by Gasteiger charge is -2.12. The van der Waals surface area contributed by atoms with Gasteiger partial charge in [0.1, 0.15) is 5.82 Å². The molecular formula is C11H19N3O2. The van der Waals surface area contributed by atoms with Crippen LogP contribution in [-0.2, 0) is 16.5 Å². The standard InChI is InChI=1S/C11H19N3O2/c1-4-15-11(16-5-2)9-12-10(8-6-7-8)14(3)13-9/h8,11H,4-7H2,1-3H3. The Morgan fingerprint density at radius 1 is 1.31 bits per heavy atom. The van der Waals surface area contributed by atoms with E-state index in [2.05, 4.69) is 10.1 Å². The van der Waals surface area contributed by atoms with Gasteiger partial charge >= 0.3 is 0 Å². The zero-order valence-corrected chi connectivity index (χ0v) is 10.1. The number of ether oxygens (including phenoxy) is 2. The van der Waals surface area contributed by atoms with Gasteiger partial charge in [-0.15, -0.1) is 0 Å². The van der Waals surface area contributed by atoms with E-state index in [1.807, 2.05) is 25.6 Å². The Kier molecular flexibility index (Phi) is 3.56. The van der Waals surface area contributed by atoms with E-state index in [1.54, 1.807) is 0 Å². The second-order valence-electron chi connectivity index (χ2n) is 3.97. The molecule has 1 saturated carbocycles. The highest BCUT2D eigenvalue weighted by Crippen LogP contribution is 2.39. The van der Waals surface area contributed by atoms with Crippen LogP contribution < -0.4 is 0 Å². The van der Waals surface area contributed by atoms with Crippen molar-refractivity contribution >= 4 is 0 Å². The van der Waals surface area contributed by atoms with Crippen molar-refractivity contribution in [3.8, 4) is 0 Å². The molecule has 2 rings (SSSR count). The molecule has 0 N–H and O–H groups in total. The van der Waals surface area contributed by atoms with Gasteiger partial charge in [0.25, 0.3) is 0 Å². The van der Waals surface area contributed by atoms with E-state index in [4.69, 9.17) is 9.47 Å². The SMILES string of the molecule is CCOC(OCC)c1nc(C2CC2)n(C)n1. The van der Waals surface area contributed by atoms with Crippen LogP contribution in [0.15, 0.2) is 0 Å². The van der Waals surface area contributed by atoms with Crippen LogP contribution in [0.25, 0.3) is 0 Å². The summed E-state index contributed by atoms with van der Waals surface area (Å²) in [4.78, 5) is 4.51. The Labute approximate surface area is 95.8 Å². The highest BCUT2D eigenvalue weighted by atomic mass is 16.7. The summed E-state index contributed by atoms with van der Waals surface area (Å²) in [6.07, 6.45) is 2.02. The Morgan fingerprint density at radius 3 is 2.44 bits per heavy atom. The molecule has 0 saturated heterocycles. The lowest BCUT2D eigenvalue weighted by Crippen LogP contribution is -2.11. The Morgan fingerprint density at radius 2 is 1.94 bits per heavy atom. The second kappa shape index (κ2) is 4.93. The Hall–Kier alpha value is -0.940. The van der Waals surface area contributed by atoms with Gasteiger partial charge in [-0.05, 0) is 26.7 Å². The van der Waals surface area contributed by atoms with Crippen molar-refractivity contribution in [1.82, 2.24) is 14.8 Å². The van der Waals surface area contributed by atoms with Gasteiger partial charge in [0.2, 0.25) is 12.1 Å². The summed E-state index contributed by atoms with van der Waals surface area (Å²) in [5.74, 6) is 2.29. The van der Waals surface area contributed by atoms with Crippen LogP contribution >= 0.6 is 0 Å². The third-order valence-corrected chi connectivity index (χ3v) is 2.60. The van der Waals surface area contributed by atoms with Crippen LogP contribution in [0.4, 0.5) is 0 Å². The van der Waals surface area contributed by atoms with Crippen LogP contribution in [-0.4, -0.2) is 28.0 Å². The molecule has 0 radical (unpaired) electrons. The van der Waals surface area contributed by atoms with E-state index >= 15 is 0 Å². The minimum absolute atomic E-state index is 0.422. The van der Waals surface area contributed by atoms with Crippen LogP contribution in [0.3, 0.4) is 0 Å². The third kappa shape index (κ3) is 2.41. The first-order valence-electron chi connectivity index (χ1n) is 5.90. The number of aryl methyl sites for hydroxylation is 1. The number of nitrogens with zero attached hydrogens (tertiary/aromatic N) is 3. The lowest BCUT2D eigenvalue weighted by molar-refractivity contribution is -0.145. The molecule has 1 aromatic heterocycles. The van der Waals surface area contributed by atoms with Crippen molar-refractivity contribution in [2.45, 2.75) is 38.9 Å². The average Bonchev–Trinajstić information content (AvgIpc) is 3.02. The zero-order valence-electron chi connectivity index (χ0n) is 10.1. The summed E-state index contributed by atoms with van der Waals surface area (Å²) in [6.45, 7) is 5.08. The number of aromatic nitrogens is 3. The molecule has 0 aliphatic heterocycles. The fourth-order valence-electron chi connectivity index (χ4n) is 1.71. The summed E-state index contributed by atoms with van der Waals surface area (Å²) in [5, 5.41) is 4.36. The second-order valence-corrected chi connectivity index (χ2v) is 3.97. The Balaban J connectivity index is 2.13. The molecule has 0 aromatic carbocycles. The molecule has 90 valence electrons. The number of hydrogen-bond donors (Lipinski definition) is 0. The molecule has 1 fully saturated rings. The van der Waals surface area contributed by atoms with Crippen LogP contribution in [0, 0.1) is 0 Å². The van der Waals surface area contributed by atoms with E-state index in [0.717, 1.165) is 5.82 Å². The van der Waals surface area contributed by atoms with Crippen molar-refractivity contribution in [2.24, 2.45) is 7.05 Å². The minimum Gasteiger partial charge on any atom is -0.346 e. The quantitative estimate of drug-likeness (QED) is 0.692. The largest absolute Gasteiger partial charge is 0.346 e. The molecule has 0 unspecified atom stereocenters. The van der Waals surface area contributed by atoms with Gasteiger partial charge < -0.3 is 9.47 Å². The maximum Gasteiger partial charge on any atom is 0.221 e. The molecule has 0 atom stereocenters. The smallest absolute Gasteiger partial charge is 0.221 e. The van der Waals surface area contributed by atoms with Crippen LogP contribution in [0.2, 0.25) is 0 Å². The predicted molar refractivity (Wildman–Crippen MR) is 59.0 cm³/mol. The van der Waals surface area contributed by atoms with E-state index in [0.29, 0.717) is 25.0 Å². The third-order valence-electron chi connectivity index (χ3n) is 2.60. The van der Waals surface area contributed by atoms with E-state index in [1.165, 1.54) is 12.8 Å². The van der Waals surface area contributed by atoms with Crippen molar-refractivity contribution in [3.63, 3.8) is 0 Å². The zero-order chi connectivity index (χ0) is 11.5. The summed E-state index contributed by atoms with van der Waals surface area (Å²) in [5.41, 5.74) is 0. The van der Waals surface area contributed by atoms with Gasteiger partial charge in [-0.1, -0.05) is 0 Å². The topological polar surface area (TPSA) is 49.2 Å². The van der Waals surface area contributed by atoms with Gasteiger partial charge in [0, 0.05) is 26.2 Å². The van der Waals surface area contributed by atoms with Crippen LogP contribution in [0.1, 0.15) is 50.5 Å². The van der Waals surface area contributed by atoms with Gasteiger partial charge in [0.15, 0.2) is 0 Å². The van der Waals surface area contributed by atoms with E-state index in [9.17, 15) is 0 Å². The fourth-order valence-corrected chi connectivity index (χ4v) is 1.71. The highest BCUT2D eigenvalue weighted by Gasteiger charge is 2.30. The van der Waals surface area contributed by atoms with Crippen molar-refractivity contribution in [3.05, 3.63) is 11.6 Å². The number of rotatable bonds is 6. The van der Waals surface area contributed by atoms with Crippen molar-refractivity contribution < 1.29 is 9.47 Å². The summed E-state index contributed by atoms with van der Waals surface area (Å²) in [6, 6.07) is 0. The molecule has 5 nitrogen and oxygen atoms in total. The molecule has 0 amide bonds. The highest BCUT2D eigenvalue weighted by molar-refractivity contribution is 5.07. The van der Waals surface area contributed by atoms with Gasteiger partial charge in [-0.25, -0.2) is 4.98 Å². The molecular weight excluding hydrogens is 206 g/mol. The molecule has 1 aliphatic rings. The molecule has 0 bridgehead atoms. The summed E-state index contributed by atoms with van der Waals surface area (Å²) >= 11 is 0. The summed E-state index contributed by atoms with van der Waals surface area (Å²) < 4.78 is 12.8. The molecule has 1 aliphatic carbocycles. The maximum atomic E-state index is 5.48.